The molecule has 0 saturated heterocycles. The summed E-state index contributed by atoms with van der Waals surface area (Å²) in [7, 11) is -4.33. The Hall–Kier alpha value is -1.02. The number of nitrogens with two attached hydrogens (primary N) is 1. The third-order valence-corrected chi connectivity index (χ3v) is 9.26. The molecule has 0 heterocycles. The van der Waals surface area contributed by atoms with Gasteiger partial charge in [0.1, 0.15) is 0 Å². The molecule has 0 aromatic rings. The number of nitrogens with one attached hydrogen (secondary N) is 1. The average molecular weight is 673 g/mol. The molecule has 0 rings (SSSR count). The van der Waals surface area contributed by atoms with Crippen molar-refractivity contribution in [2.24, 2.45) is 5.73 Å². The van der Waals surface area contributed by atoms with Gasteiger partial charge in [0.05, 0.1) is 25.4 Å². The van der Waals surface area contributed by atoms with E-state index in [0.29, 0.717) is 6.42 Å². The van der Waals surface area contributed by atoms with E-state index < -0.39 is 20.0 Å². The van der Waals surface area contributed by atoms with Gasteiger partial charge >= 0.3 is 7.82 Å². The molecular weight excluding hydrogens is 599 g/mol. The second-order valence-electron chi connectivity index (χ2n) is 12.8. The van der Waals surface area contributed by atoms with Gasteiger partial charge in [0.25, 0.3) is 0 Å². The zero-order chi connectivity index (χ0) is 34.0. The molecule has 1 amide bonds. The van der Waals surface area contributed by atoms with Crippen LogP contribution in [0.25, 0.3) is 0 Å². The average Bonchev–Trinajstić information content (AvgIpc) is 3.04. The molecule has 9 heteroatoms. The molecule has 0 radical (unpaired) electrons. The topological polar surface area (TPSA) is 131 Å². The SMILES string of the molecule is CCCCCCCCCCCCCC/C=C/CC/C=C/C(O)C(COP(=O)(O)OCCN)NC(=O)CCCCCCCCCCC. The molecule has 0 bridgehead atoms. The predicted molar refractivity (Wildman–Crippen MR) is 194 cm³/mol. The van der Waals surface area contributed by atoms with E-state index in [1.165, 1.54) is 116 Å². The summed E-state index contributed by atoms with van der Waals surface area (Å²) in [6, 6.07) is -0.870. The highest BCUT2D eigenvalue weighted by Crippen LogP contribution is 2.43. The minimum Gasteiger partial charge on any atom is -0.387 e. The maximum Gasteiger partial charge on any atom is 0.472 e. The van der Waals surface area contributed by atoms with Crippen LogP contribution in [-0.4, -0.2) is 47.8 Å². The second kappa shape index (κ2) is 33.9. The van der Waals surface area contributed by atoms with Gasteiger partial charge in [-0.15, -0.1) is 0 Å². The fourth-order valence-electron chi connectivity index (χ4n) is 5.38. The fourth-order valence-corrected chi connectivity index (χ4v) is 6.14. The standard InChI is InChI=1S/C37H73N2O6P/c1-3-5-7-9-11-13-14-15-16-17-18-19-20-21-23-24-26-28-30-36(40)35(34-45-46(42,43)44-33-32-38)39-37(41)31-29-27-25-22-12-10-8-6-4-2/h21,23,28,30,35-36,40H,3-20,22,24-27,29,31-34,38H2,1-2H3,(H,39,41)(H,42,43)/b23-21+,30-28+. The monoisotopic (exact) mass is 673 g/mol. The number of phosphoric ester groups is 1. The van der Waals surface area contributed by atoms with Crippen molar-refractivity contribution in [2.45, 2.75) is 187 Å². The normalized spacial score (nSPS) is 14.6. The maximum atomic E-state index is 12.6. The third-order valence-electron chi connectivity index (χ3n) is 8.28. The molecule has 5 N–H and O–H groups in total. The van der Waals surface area contributed by atoms with Crippen LogP contribution < -0.4 is 11.1 Å². The van der Waals surface area contributed by atoms with E-state index in [1.54, 1.807) is 6.08 Å². The van der Waals surface area contributed by atoms with Crippen LogP contribution in [0, 0.1) is 0 Å². The molecule has 0 aromatic carbocycles. The number of unbranched alkanes of at least 4 members (excludes halogenated alkanes) is 21. The van der Waals surface area contributed by atoms with E-state index in [-0.39, 0.29) is 25.7 Å². The van der Waals surface area contributed by atoms with Crippen molar-refractivity contribution < 1.29 is 28.4 Å². The van der Waals surface area contributed by atoms with Gasteiger partial charge < -0.3 is 21.1 Å². The van der Waals surface area contributed by atoms with Crippen LogP contribution in [0.1, 0.15) is 174 Å². The number of aliphatic hydroxyl groups excluding tert-OH is 1. The summed E-state index contributed by atoms with van der Waals surface area (Å²) in [5.41, 5.74) is 5.34. The first-order valence-electron chi connectivity index (χ1n) is 19.0. The lowest BCUT2D eigenvalue weighted by atomic mass is 10.0. The van der Waals surface area contributed by atoms with Gasteiger partial charge in [-0.3, -0.25) is 13.8 Å². The Morgan fingerprint density at radius 2 is 1.15 bits per heavy atom. The smallest absolute Gasteiger partial charge is 0.387 e. The molecule has 272 valence electrons. The van der Waals surface area contributed by atoms with Gasteiger partial charge in [-0.1, -0.05) is 160 Å². The molecule has 46 heavy (non-hydrogen) atoms. The molecule has 8 nitrogen and oxygen atoms in total. The first-order valence-corrected chi connectivity index (χ1v) is 20.5. The molecule has 0 aromatic heterocycles. The molecule has 0 fully saturated rings. The van der Waals surface area contributed by atoms with Gasteiger partial charge in [0.2, 0.25) is 5.91 Å². The van der Waals surface area contributed by atoms with Crippen LogP contribution in [0.4, 0.5) is 0 Å². The molecule has 0 aliphatic heterocycles. The van der Waals surface area contributed by atoms with Crippen molar-refractivity contribution in [1.82, 2.24) is 5.32 Å². The minimum atomic E-state index is -4.33. The number of carbonyl (C=O) groups is 1. The summed E-state index contributed by atoms with van der Waals surface area (Å²) in [6.07, 6.45) is 36.6. The summed E-state index contributed by atoms with van der Waals surface area (Å²) in [4.78, 5) is 22.5. The molecule has 0 aliphatic carbocycles. The van der Waals surface area contributed by atoms with Crippen LogP contribution >= 0.6 is 7.82 Å². The first kappa shape index (κ1) is 45.0. The molecule has 0 saturated carbocycles. The van der Waals surface area contributed by atoms with Gasteiger partial charge in [0, 0.05) is 13.0 Å². The predicted octanol–water partition coefficient (Wildman–Crippen LogP) is 9.83. The Kier molecular flexibility index (Phi) is 33.1. The van der Waals surface area contributed by atoms with E-state index in [9.17, 15) is 19.4 Å². The summed E-state index contributed by atoms with van der Waals surface area (Å²) >= 11 is 0. The Bertz CT molecular complexity index is 779. The molecule has 0 aliphatic rings. The molecule has 0 spiro atoms. The zero-order valence-electron chi connectivity index (χ0n) is 29.8. The number of allylic oxidation sites excluding steroid dienone is 3. The number of phosphoric acid groups is 1. The Morgan fingerprint density at radius 3 is 1.67 bits per heavy atom. The van der Waals surface area contributed by atoms with Crippen molar-refractivity contribution in [1.29, 1.82) is 0 Å². The largest absolute Gasteiger partial charge is 0.472 e. The minimum absolute atomic E-state index is 0.0754. The quantitative estimate of drug-likeness (QED) is 0.0299. The highest BCUT2D eigenvalue weighted by atomic mass is 31.2. The number of hydrogen-bond donors (Lipinski definition) is 4. The second-order valence-corrected chi connectivity index (χ2v) is 14.2. The van der Waals surface area contributed by atoms with E-state index >= 15 is 0 Å². The van der Waals surface area contributed by atoms with Gasteiger partial charge in [-0.25, -0.2) is 4.57 Å². The van der Waals surface area contributed by atoms with E-state index in [4.69, 9.17) is 14.8 Å². The van der Waals surface area contributed by atoms with Crippen molar-refractivity contribution in [3.05, 3.63) is 24.3 Å². The first-order chi connectivity index (χ1) is 22.4. The van der Waals surface area contributed by atoms with Crippen molar-refractivity contribution in [3.8, 4) is 0 Å². The van der Waals surface area contributed by atoms with Crippen molar-refractivity contribution in [2.75, 3.05) is 19.8 Å². The molecule has 3 atom stereocenters. The number of hydrogen-bond acceptors (Lipinski definition) is 6. The highest BCUT2D eigenvalue weighted by molar-refractivity contribution is 7.47. The molecule has 3 unspecified atom stereocenters. The Balaban J connectivity index is 4.31. The lowest BCUT2D eigenvalue weighted by Gasteiger charge is -2.23. The lowest BCUT2D eigenvalue weighted by molar-refractivity contribution is -0.123. The van der Waals surface area contributed by atoms with Crippen molar-refractivity contribution >= 4 is 13.7 Å². The number of amides is 1. The maximum absolute atomic E-state index is 12.6. The Morgan fingerprint density at radius 1 is 0.696 bits per heavy atom. The number of carbonyl (C=O) groups excluding carboxylic acids is 1. The van der Waals surface area contributed by atoms with E-state index in [0.717, 1.165) is 38.5 Å². The summed E-state index contributed by atoms with van der Waals surface area (Å²) < 4.78 is 22.0. The summed E-state index contributed by atoms with van der Waals surface area (Å²) in [5.74, 6) is -0.208. The van der Waals surface area contributed by atoms with Crippen LogP contribution in [0.5, 0.6) is 0 Å². The van der Waals surface area contributed by atoms with Crippen LogP contribution in [-0.2, 0) is 18.4 Å². The molecular formula is C37H73N2O6P. The number of aliphatic hydroxyl groups is 1. The fraction of sp³-hybridized carbons (Fsp3) is 0.865. The number of rotatable bonds is 35. The van der Waals surface area contributed by atoms with E-state index in [1.807, 2.05) is 6.08 Å². The van der Waals surface area contributed by atoms with E-state index in [2.05, 4.69) is 31.3 Å². The van der Waals surface area contributed by atoms with Crippen LogP contribution in [0.2, 0.25) is 0 Å². The summed E-state index contributed by atoms with van der Waals surface area (Å²) in [5, 5.41) is 13.6. The highest BCUT2D eigenvalue weighted by Gasteiger charge is 2.26. The Labute approximate surface area is 283 Å². The third kappa shape index (κ3) is 31.6. The summed E-state index contributed by atoms with van der Waals surface area (Å²) in [6.45, 7) is 4.08. The van der Waals surface area contributed by atoms with Gasteiger partial charge in [0.15, 0.2) is 0 Å². The van der Waals surface area contributed by atoms with Gasteiger partial charge in [-0.2, -0.15) is 0 Å². The zero-order valence-corrected chi connectivity index (χ0v) is 30.7. The van der Waals surface area contributed by atoms with Crippen molar-refractivity contribution in [3.63, 3.8) is 0 Å². The van der Waals surface area contributed by atoms with Crippen LogP contribution in [0.3, 0.4) is 0 Å². The van der Waals surface area contributed by atoms with Gasteiger partial charge in [-0.05, 0) is 32.1 Å². The van der Waals surface area contributed by atoms with Crippen LogP contribution in [0.15, 0.2) is 24.3 Å². The lowest BCUT2D eigenvalue weighted by Crippen LogP contribution is -2.45.